The second-order valence-corrected chi connectivity index (χ2v) is 5.85. The smallest absolute Gasteiger partial charge is 0.193 e. The Balaban J connectivity index is 0.00000147. The van der Waals surface area contributed by atoms with E-state index < -0.39 is 0 Å². The molecule has 1 aromatic rings. The third kappa shape index (κ3) is 3.65. The Hall–Kier alpha value is -0.780. The summed E-state index contributed by atoms with van der Waals surface area (Å²) >= 11 is 0. The van der Waals surface area contributed by atoms with Crippen LogP contribution in [0.15, 0.2) is 29.3 Å². The molecule has 3 rings (SSSR count). The zero-order valence-electron chi connectivity index (χ0n) is 12.0. The first-order chi connectivity index (χ1) is 9.26. The van der Waals surface area contributed by atoms with Gasteiger partial charge in [-0.2, -0.15) is 0 Å². The third-order valence-corrected chi connectivity index (χ3v) is 4.50. The Morgan fingerprint density at radius 2 is 2.00 bits per heavy atom. The minimum atomic E-state index is 0. The first-order valence-electron chi connectivity index (χ1n) is 7.45. The van der Waals surface area contributed by atoms with E-state index in [0.29, 0.717) is 12.0 Å². The molecule has 0 heterocycles. The maximum Gasteiger partial charge on any atom is 0.193 e. The minimum Gasteiger partial charge on any atom is -0.370 e. The van der Waals surface area contributed by atoms with E-state index in [4.69, 9.17) is 5.73 Å². The van der Waals surface area contributed by atoms with E-state index in [1.807, 2.05) is 0 Å². The molecule has 110 valence electrons. The van der Waals surface area contributed by atoms with Gasteiger partial charge in [-0.05, 0) is 42.4 Å². The van der Waals surface area contributed by atoms with Gasteiger partial charge in [-0.25, -0.2) is 4.99 Å². The first-order valence-corrected chi connectivity index (χ1v) is 7.45. The lowest BCUT2D eigenvalue weighted by molar-refractivity contribution is 0.274. The summed E-state index contributed by atoms with van der Waals surface area (Å²) in [6.07, 6.45) is 6.52. The molecule has 3 N–H and O–H groups in total. The summed E-state index contributed by atoms with van der Waals surface area (Å²) in [5, 5.41) is 3.19. The predicted octanol–water partition coefficient (Wildman–Crippen LogP) is 3.78. The number of anilines is 1. The summed E-state index contributed by atoms with van der Waals surface area (Å²) in [6.45, 7) is 2.16. The van der Waals surface area contributed by atoms with Crippen LogP contribution in [0.3, 0.4) is 0 Å². The van der Waals surface area contributed by atoms with E-state index in [-0.39, 0.29) is 24.0 Å². The van der Waals surface area contributed by atoms with Crippen molar-refractivity contribution in [3.8, 4) is 0 Å². The van der Waals surface area contributed by atoms with Gasteiger partial charge in [0.05, 0.1) is 6.04 Å². The van der Waals surface area contributed by atoms with Gasteiger partial charge in [0.1, 0.15) is 0 Å². The highest BCUT2D eigenvalue weighted by atomic mass is 127. The zero-order chi connectivity index (χ0) is 13.2. The van der Waals surface area contributed by atoms with Crippen molar-refractivity contribution in [3.05, 3.63) is 29.8 Å². The largest absolute Gasteiger partial charge is 0.370 e. The van der Waals surface area contributed by atoms with Gasteiger partial charge in [-0.1, -0.05) is 38.3 Å². The summed E-state index contributed by atoms with van der Waals surface area (Å²) in [5.41, 5.74) is 8.35. The van der Waals surface area contributed by atoms with E-state index in [9.17, 15) is 0 Å². The van der Waals surface area contributed by atoms with Gasteiger partial charge in [-0.3, -0.25) is 0 Å². The number of aliphatic imine (C=N–C) groups is 1. The van der Waals surface area contributed by atoms with Gasteiger partial charge < -0.3 is 11.1 Å². The molecule has 0 bridgehead atoms. The number of hydrogen-bond acceptors (Lipinski definition) is 1. The Bertz CT molecular complexity index is 465. The molecular weight excluding hydrogens is 361 g/mol. The molecule has 4 heteroatoms. The Morgan fingerprint density at radius 3 is 2.55 bits per heavy atom. The topological polar surface area (TPSA) is 50.4 Å². The standard InChI is InChI=1S/C16H23N3.HI/c1-2-11-6-8-13(9-7-11)18-16(17)19-15-10-14(15)12-4-3-5-12;/h6-9,12,14-15H,2-5,10H2,1H3,(H3,17,18,19);1H/t14-,15+;/m0./s1. The van der Waals surface area contributed by atoms with E-state index in [0.717, 1.165) is 23.9 Å². The highest BCUT2D eigenvalue weighted by Gasteiger charge is 2.45. The normalized spacial score (nSPS) is 25.6. The SMILES string of the molecule is CCc1ccc(NC(N)=N[C@@H]2C[C@H]2C2CCC2)cc1.I. The molecule has 2 saturated carbocycles. The lowest BCUT2D eigenvalue weighted by Crippen LogP contribution is -2.24. The van der Waals surface area contributed by atoms with Crippen LogP contribution >= 0.6 is 24.0 Å². The van der Waals surface area contributed by atoms with E-state index >= 15 is 0 Å². The van der Waals surface area contributed by atoms with Crippen molar-refractivity contribution in [2.75, 3.05) is 5.32 Å². The monoisotopic (exact) mass is 385 g/mol. The number of rotatable bonds is 4. The second kappa shape index (κ2) is 6.78. The van der Waals surface area contributed by atoms with Crippen molar-refractivity contribution < 1.29 is 0 Å². The van der Waals surface area contributed by atoms with Crippen LogP contribution < -0.4 is 11.1 Å². The molecule has 0 amide bonds. The molecule has 0 aromatic heterocycles. The van der Waals surface area contributed by atoms with Gasteiger partial charge in [0.15, 0.2) is 5.96 Å². The van der Waals surface area contributed by atoms with Crippen LogP contribution in [-0.2, 0) is 6.42 Å². The molecule has 1 aromatic carbocycles. The average Bonchev–Trinajstić information content (AvgIpc) is 3.06. The van der Waals surface area contributed by atoms with Crippen molar-refractivity contribution in [1.29, 1.82) is 0 Å². The highest BCUT2D eigenvalue weighted by Crippen LogP contribution is 2.48. The van der Waals surface area contributed by atoms with Crippen LogP contribution in [0.5, 0.6) is 0 Å². The summed E-state index contributed by atoms with van der Waals surface area (Å²) < 4.78 is 0. The number of hydrogen-bond donors (Lipinski definition) is 2. The number of guanidine groups is 1. The molecule has 0 spiro atoms. The molecule has 0 radical (unpaired) electrons. The molecule has 20 heavy (non-hydrogen) atoms. The van der Waals surface area contributed by atoms with Crippen LogP contribution in [0.1, 0.15) is 38.2 Å². The van der Waals surface area contributed by atoms with Gasteiger partial charge in [0.2, 0.25) is 0 Å². The van der Waals surface area contributed by atoms with Crippen LogP contribution in [0.25, 0.3) is 0 Å². The van der Waals surface area contributed by atoms with Crippen molar-refractivity contribution >= 4 is 35.6 Å². The summed E-state index contributed by atoms with van der Waals surface area (Å²) in [7, 11) is 0. The zero-order valence-corrected chi connectivity index (χ0v) is 14.3. The summed E-state index contributed by atoms with van der Waals surface area (Å²) in [6, 6.07) is 8.87. The molecule has 2 fully saturated rings. The molecule has 2 aliphatic rings. The molecule has 0 aliphatic heterocycles. The Labute approximate surface area is 138 Å². The van der Waals surface area contributed by atoms with Crippen molar-refractivity contribution in [2.24, 2.45) is 22.6 Å². The maximum atomic E-state index is 5.98. The maximum absolute atomic E-state index is 5.98. The number of aryl methyl sites for hydroxylation is 1. The molecule has 0 saturated heterocycles. The quantitative estimate of drug-likeness (QED) is 0.471. The van der Waals surface area contributed by atoms with Gasteiger partial charge >= 0.3 is 0 Å². The van der Waals surface area contributed by atoms with E-state index in [1.165, 1.54) is 31.2 Å². The fourth-order valence-electron chi connectivity index (χ4n) is 2.91. The highest BCUT2D eigenvalue weighted by molar-refractivity contribution is 14.0. The van der Waals surface area contributed by atoms with Gasteiger partial charge in [0, 0.05) is 5.69 Å². The van der Waals surface area contributed by atoms with Crippen LogP contribution in [0, 0.1) is 11.8 Å². The third-order valence-electron chi connectivity index (χ3n) is 4.50. The van der Waals surface area contributed by atoms with Crippen LogP contribution in [0.2, 0.25) is 0 Å². The van der Waals surface area contributed by atoms with Gasteiger partial charge in [-0.15, -0.1) is 24.0 Å². The summed E-state index contributed by atoms with van der Waals surface area (Å²) in [5.74, 6) is 2.32. The second-order valence-electron chi connectivity index (χ2n) is 5.85. The summed E-state index contributed by atoms with van der Waals surface area (Å²) in [4.78, 5) is 4.59. The lowest BCUT2D eigenvalue weighted by atomic mass is 9.81. The Morgan fingerprint density at radius 1 is 1.30 bits per heavy atom. The van der Waals surface area contributed by atoms with Crippen LogP contribution in [-0.4, -0.2) is 12.0 Å². The number of nitrogens with zero attached hydrogens (tertiary/aromatic N) is 1. The molecule has 2 atom stereocenters. The number of nitrogens with one attached hydrogen (secondary N) is 1. The molecule has 2 aliphatic carbocycles. The van der Waals surface area contributed by atoms with Crippen molar-refractivity contribution in [1.82, 2.24) is 0 Å². The van der Waals surface area contributed by atoms with Crippen molar-refractivity contribution in [3.63, 3.8) is 0 Å². The van der Waals surface area contributed by atoms with Gasteiger partial charge in [0.25, 0.3) is 0 Å². The van der Waals surface area contributed by atoms with E-state index in [1.54, 1.807) is 0 Å². The number of halogens is 1. The average molecular weight is 385 g/mol. The van der Waals surface area contributed by atoms with Crippen molar-refractivity contribution in [2.45, 2.75) is 45.1 Å². The van der Waals surface area contributed by atoms with E-state index in [2.05, 4.69) is 41.5 Å². The number of benzene rings is 1. The minimum absolute atomic E-state index is 0. The predicted molar refractivity (Wildman–Crippen MR) is 95.7 cm³/mol. The lowest BCUT2D eigenvalue weighted by Gasteiger charge is -2.25. The number of nitrogens with two attached hydrogens (primary N) is 1. The fraction of sp³-hybridized carbons (Fsp3) is 0.562. The molecular formula is C16H24IN3. The first kappa shape index (κ1) is 15.6. The molecule has 0 unspecified atom stereocenters. The van der Waals surface area contributed by atoms with Crippen LogP contribution in [0.4, 0.5) is 5.69 Å². The fourth-order valence-corrected chi connectivity index (χ4v) is 2.91. The Kier molecular flexibility index (Phi) is 5.29. The molecule has 3 nitrogen and oxygen atoms in total.